The summed E-state index contributed by atoms with van der Waals surface area (Å²) in [5.41, 5.74) is 5.83. The van der Waals surface area contributed by atoms with Crippen molar-refractivity contribution in [3.05, 3.63) is 47.1 Å². The molecule has 1 amide bonds. The molecule has 2 aromatic heterocycles. The Bertz CT molecular complexity index is 1860. The number of hydrogen-bond acceptors (Lipinski definition) is 13. The highest BCUT2D eigenvalue weighted by Crippen LogP contribution is 2.40. The second-order valence-corrected chi connectivity index (χ2v) is 15.0. The molecular formula is C33H41N5O10S2. The maximum Gasteiger partial charge on any atom is 0.418 e. The number of carboxylic acid groups (broad SMARTS) is 1. The Balaban J connectivity index is 1.18. The zero-order valence-corrected chi connectivity index (χ0v) is 29.5. The van der Waals surface area contributed by atoms with E-state index >= 15 is 0 Å². The van der Waals surface area contributed by atoms with Gasteiger partial charge in [-0.2, -0.15) is 13.5 Å². The molecule has 5 rings (SSSR count). The zero-order valence-electron chi connectivity index (χ0n) is 27.8. The molecule has 2 aliphatic rings. The maximum absolute atomic E-state index is 13.4. The van der Waals surface area contributed by atoms with Crippen molar-refractivity contribution in [2.24, 2.45) is 17.0 Å². The summed E-state index contributed by atoms with van der Waals surface area (Å²) in [6.45, 7) is 2.40. The minimum Gasteiger partial charge on any atom is -0.489 e. The number of hydroxylamine groups is 2. The third kappa shape index (κ3) is 9.32. The van der Waals surface area contributed by atoms with Crippen molar-refractivity contribution in [1.29, 1.82) is 0 Å². The number of anilines is 1. The smallest absolute Gasteiger partial charge is 0.418 e. The third-order valence-electron chi connectivity index (χ3n) is 9.15. The predicted molar refractivity (Wildman–Crippen MR) is 184 cm³/mol. The SMILES string of the molecule is CC1(C)C(CC(=O)/C(=N\O[C@@H](COc2ccc3nc(CCCCCCC4CCC4)ccc3c2)C(=O)O)c2csc(N)n2)C(=O)N1OS(=O)(=O)O. The van der Waals surface area contributed by atoms with Crippen LogP contribution in [0.25, 0.3) is 10.9 Å². The van der Waals surface area contributed by atoms with Gasteiger partial charge in [-0.25, -0.2) is 9.78 Å². The molecule has 17 heteroatoms. The number of carboxylic acids is 1. The van der Waals surface area contributed by atoms with Crippen LogP contribution < -0.4 is 10.5 Å². The maximum atomic E-state index is 13.4. The number of nitrogens with zero attached hydrogens (tertiary/aromatic N) is 4. The van der Waals surface area contributed by atoms with E-state index in [0.717, 1.165) is 46.7 Å². The number of hydrogen-bond donors (Lipinski definition) is 3. The van der Waals surface area contributed by atoms with Crippen molar-refractivity contribution in [2.75, 3.05) is 12.3 Å². The summed E-state index contributed by atoms with van der Waals surface area (Å²) in [6.07, 6.45) is 9.17. The van der Waals surface area contributed by atoms with Gasteiger partial charge in [-0.3, -0.25) is 19.1 Å². The minimum atomic E-state index is -4.99. The Morgan fingerprint density at radius 3 is 2.54 bits per heavy atom. The van der Waals surface area contributed by atoms with Crippen molar-refractivity contribution in [3.63, 3.8) is 0 Å². The number of amides is 1. The largest absolute Gasteiger partial charge is 0.489 e. The van der Waals surface area contributed by atoms with E-state index in [1.54, 1.807) is 18.2 Å². The van der Waals surface area contributed by atoms with Gasteiger partial charge in [-0.15, -0.1) is 15.6 Å². The number of nitrogen functional groups attached to an aromatic ring is 1. The number of oxime groups is 1. The number of unbranched alkanes of at least 4 members (excludes halogenated alkanes) is 3. The first-order valence-electron chi connectivity index (χ1n) is 16.5. The summed E-state index contributed by atoms with van der Waals surface area (Å²) in [5.74, 6) is -2.78. The van der Waals surface area contributed by atoms with Crippen molar-refractivity contribution in [2.45, 2.75) is 89.7 Å². The number of ketones is 1. The average molecular weight is 732 g/mol. The molecule has 2 fully saturated rings. The summed E-state index contributed by atoms with van der Waals surface area (Å²) in [6, 6.07) is 9.17. The monoisotopic (exact) mass is 731 g/mol. The van der Waals surface area contributed by atoms with Gasteiger partial charge in [0.05, 0.1) is 17.0 Å². The van der Waals surface area contributed by atoms with Crippen LogP contribution in [0.4, 0.5) is 5.13 Å². The Labute approximate surface area is 293 Å². The number of aliphatic carboxylic acids is 1. The highest BCUT2D eigenvalue weighted by atomic mass is 32.3. The molecular weight excluding hydrogens is 691 g/mol. The van der Waals surface area contributed by atoms with Gasteiger partial charge in [0.15, 0.2) is 16.6 Å². The standard InChI is InChI=1S/C33H41N5O10S2/c1-33(2)24(30(40)38(33)48-50(43,44)45)17-27(39)29(26-19-49-32(34)36-26)37-47-28(31(41)42)18-46-23-14-15-25-21(16-23)12-13-22(35-25)11-6-4-3-5-8-20-9-7-10-20/h12-16,19-20,24,28H,3-11,17-18H2,1-2H3,(H2,34,36)(H,41,42)(H,43,44,45)/b37-29-/t24?,28-/m0/s1. The number of Topliss-reactive ketones (excluding diaryl/α,β-unsaturated/α-hetero) is 1. The van der Waals surface area contributed by atoms with Crippen LogP contribution in [0.5, 0.6) is 5.75 Å². The van der Waals surface area contributed by atoms with Crippen LogP contribution in [0.15, 0.2) is 40.9 Å². The molecule has 1 aliphatic heterocycles. The number of thiazole rings is 1. The molecule has 3 heterocycles. The number of aryl methyl sites for hydroxylation is 1. The van der Waals surface area contributed by atoms with Gasteiger partial charge < -0.3 is 20.4 Å². The van der Waals surface area contributed by atoms with Crippen LogP contribution in [0.3, 0.4) is 0 Å². The molecule has 1 saturated carbocycles. The molecule has 15 nitrogen and oxygen atoms in total. The molecule has 0 bridgehead atoms. The first-order chi connectivity index (χ1) is 23.7. The normalized spacial score (nSPS) is 18.4. The number of ether oxygens (including phenoxy) is 1. The van der Waals surface area contributed by atoms with Crippen LogP contribution in [0.1, 0.15) is 83.0 Å². The van der Waals surface area contributed by atoms with Gasteiger partial charge in [-0.1, -0.05) is 56.2 Å². The summed E-state index contributed by atoms with van der Waals surface area (Å²) in [4.78, 5) is 52.1. The molecule has 1 unspecified atom stereocenters. The van der Waals surface area contributed by atoms with E-state index in [-0.39, 0.29) is 10.8 Å². The molecule has 1 aromatic carbocycles. The molecule has 4 N–H and O–H groups in total. The number of carbonyl (C=O) groups excluding carboxylic acids is 2. The van der Waals surface area contributed by atoms with Gasteiger partial charge in [0.25, 0.3) is 12.0 Å². The highest BCUT2D eigenvalue weighted by Gasteiger charge is 2.57. The lowest BCUT2D eigenvalue weighted by molar-refractivity contribution is -0.228. The number of benzene rings is 1. The van der Waals surface area contributed by atoms with Gasteiger partial charge in [0, 0.05) is 22.9 Å². The predicted octanol–water partition coefficient (Wildman–Crippen LogP) is 4.75. The lowest BCUT2D eigenvalue weighted by Crippen LogP contribution is -2.68. The molecule has 1 saturated heterocycles. The minimum absolute atomic E-state index is 0.0106. The zero-order chi connectivity index (χ0) is 36.1. The van der Waals surface area contributed by atoms with Crippen LogP contribution in [-0.4, -0.2) is 74.7 Å². The number of pyridine rings is 1. The fraction of sp³-hybridized carbons (Fsp3) is 0.515. The molecule has 270 valence electrons. The average Bonchev–Trinajstić information content (AvgIpc) is 3.47. The molecule has 50 heavy (non-hydrogen) atoms. The van der Waals surface area contributed by atoms with Gasteiger partial charge in [-0.05, 0) is 56.9 Å². The van der Waals surface area contributed by atoms with Crippen molar-refractivity contribution in [3.8, 4) is 5.75 Å². The van der Waals surface area contributed by atoms with E-state index in [2.05, 4.69) is 14.4 Å². The Hall–Kier alpha value is -4.19. The van der Waals surface area contributed by atoms with E-state index < -0.39 is 64.4 Å². The van der Waals surface area contributed by atoms with E-state index in [4.69, 9.17) is 24.8 Å². The summed E-state index contributed by atoms with van der Waals surface area (Å²) < 4.78 is 41.3. The second kappa shape index (κ2) is 15.8. The molecule has 3 aromatic rings. The quantitative estimate of drug-likeness (QED) is 0.0499. The summed E-state index contributed by atoms with van der Waals surface area (Å²) >= 11 is 0.997. The Kier molecular flexibility index (Phi) is 11.7. The molecule has 0 spiro atoms. The molecule has 1 aliphatic carbocycles. The van der Waals surface area contributed by atoms with Crippen molar-refractivity contribution < 1.29 is 46.3 Å². The van der Waals surface area contributed by atoms with Crippen LogP contribution in [-0.2, 0) is 40.3 Å². The fourth-order valence-corrected chi connectivity index (χ4v) is 6.97. The summed E-state index contributed by atoms with van der Waals surface area (Å²) in [7, 11) is -4.99. The van der Waals surface area contributed by atoms with E-state index in [9.17, 15) is 27.9 Å². The molecule has 2 atom stereocenters. The highest BCUT2D eigenvalue weighted by molar-refractivity contribution is 7.80. The molecule has 0 radical (unpaired) electrons. The van der Waals surface area contributed by atoms with E-state index in [1.165, 1.54) is 64.2 Å². The first-order valence-corrected chi connectivity index (χ1v) is 18.7. The van der Waals surface area contributed by atoms with E-state index in [0.29, 0.717) is 10.8 Å². The lowest BCUT2D eigenvalue weighted by Gasteiger charge is -2.50. The number of β-lactam (4-membered cyclic amide) rings is 1. The lowest BCUT2D eigenvalue weighted by atomic mass is 9.74. The summed E-state index contributed by atoms with van der Waals surface area (Å²) in [5, 5.41) is 16.4. The number of carbonyl (C=O) groups is 3. The van der Waals surface area contributed by atoms with E-state index in [1.807, 2.05) is 12.1 Å². The van der Waals surface area contributed by atoms with Crippen LogP contribution in [0.2, 0.25) is 0 Å². The number of rotatable bonds is 19. The third-order valence-corrected chi connectivity index (χ3v) is 10.2. The Morgan fingerprint density at radius 1 is 1.14 bits per heavy atom. The van der Waals surface area contributed by atoms with Gasteiger partial charge >= 0.3 is 16.4 Å². The van der Waals surface area contributed by atoms with Crippen molar-refractivity contribution in [1.82, 2.24) is 15.0 Å². The van der Waals surface area contributed by atoms with Crippen molar-refractivity contribution >= 4 is 61.1 Å². The number of aromatic nitrogens is 2. The topological polar surface area (TPSA) is 221 Å². The fourth-order valence-electron chi connectivity index (χ4n) is 5.97. The van der Waals surface area contributed by atoms with Crippen LogP contribution in [0, 0.1) is 11.8 Å². The Morgan fingerprint density at radius 2 is 1.90 bits per heavy atom. The van der Waals surface area contributed by atoms with Gasteiger partial charge in [0.2, 0.25) is 0 Å². The van der Waals surface area contributed by atoms with Gasteiger partial charge in [0.1, 0.15) is 18.1 Å². The van der Waals surface area contributed by atoms with Crippen LogP contribution >= 0.6 is 11.3 Å². The first kappa shape index (κ1) is 37.1. The number of fused-ring (bicyclic) bond motifs is 1. The second-order valence-electron chi connectivity index (χ2n) is 13.1. The number of nitrogens with two attached hydrogens (primary N) is 1.